The number of nitrogens with zero attached hydrogens (tertiary/aromatic N) is 2. The Morgan fingerprint density at radius 3 is 2.68 bits per heavy atom. The van der Waals surface area contributed by atoms with Crippen molar-refractivity contribution in [1.82, 2.24) is 15.5 Å². The van der Waals surface area contributed by atoms with E-state index < -0.39 is 0 Å². The molecule has 0 aliphatic carbocycles. The van der Waals surface area contributed by atoms with Crippen molar-refractivity contribution in [2.45, 2.75) is 27.0 Å². The molecule has 19 heavy (non-hydrogen) atoms. The normalized spacial score (nSPS) is 10.9. The van der Waals surface area contributed by atoms with Crippen molar-refractivity contribution >= 4 is 0 Å². The average Bonchev–Trinajstić information content (AvgIpc) is 2.90. The molecule has 0 saturated carbocycles. The first-order valence-corrected chi connectivity index (χ1v) is 6.42. The van der Waals surface area contributed by atoms with Gasteiger partial charge in [-0.05, 0) is 30.2 Å². The SMILES string of the molecule is CC(C)CNCc1ccc(OCc2ncon2)cc1. The number of aromatic nitrogens is 2. The molecular weight excluding hydrogens is 242 g/mol. The molecule has 102 valence electrons. The average molecular weight is 261 g/mol. The molecule has 1 heterocycles. The van der Waals surface area contributed by atoms with Gasteiger partial charge in [-0.15, -0.1) is 0 Å². The Kier molecular flexibility index (Phi) is 4.92. The molecule has 2 aromatic rings. The summed E-state index contributed by atoms with van der Waals surface area (Å²) in [6.45, 7) is 6.62. The zero-order chi connectivity index (χ0) is 13.5. The monoisotopic (exact) mass is 261 g/mol. The fourth-order valence-electron chi connectivity index (χ4n) is 1.61. The zero-order valence-electron chi connectivity index (χ0n) is 11.3. The number of nitrogens with one attached hydrogen (secondary N) is 1. The van der Waals surface area contributed by atoms with Gasteiger partial charge in [0, 0.05) is 6.54 Å². The zero-order valence-corrected chi connectivity index (χ0v) is 11.3. The van der Waals surface area contributed by atoms with Gasteiger partial charge in [0.2, 0.25) is 12.2 Å². The molecule has 0 aliphatic heterocycles. The van der Waals surface area contributed by atoms with E-state index in [1.54, 1.807) is 0 Å². The number of benzene rings is 1. The van der Waals surface area contributed by atoms with Crippen molar-refractivity contribution in [3.8, 4) is 5.75 Å². The molecule has 5 heteroatoms. The number of hydrogen-bond acceptors (Lipinski definition) is 5. The maximum atomic E-state index is 5.54. The summed E-state index contributed by atoms with van der Waals surface area (Å²) in [5.41, 5.74) is 1.24. The van der Waals surface area contributed by atoms with Crippen molar-refractivity contribution < 1.29 is 9.26 Å². The van der Waals surface area contributed by atoms with Crippen molar-refractivity contribution in [3.05, 3.63) is 42.0 Å². The van der Waals surface area contributed by atoms with Crippen molar-refractivity contribution in [2.24, 2.45) is 5.92 Å². The van der Waals surface area contributed by atoms with Crippen LogP contribution in [0.5, 0.6) is 5.75 Å². The first kappa shape index (κ1) is 13.5. The highest BCUT2D eigenvalue weighted by Gasteiger charge is 2.00. The molecule has 1 aromatic carbocycles. The van der Waals surface area contributed by atoms with E-state index in [2.05, 4.69) is 46.0 Å². The third-order valence-electron chi connectivity index (χ3n) is 2.58. The Labute approximate surface area is 113 Å². The van der Waals surface area contributed by atoms with Crippen LogP contribution in [-0.4, -0.2) is 16.7 Å². The molecule has 0 fully saturated rings. The summed E-state index contributed by atoms with van der Waals surface area (Å²) in [5.74, 6) is 2.01. The lowest BCUT2D eigenvalue weighted by Gasteiger charge is -2.08. The molecule has 5 nitrogen and oxygen atoms in total. The van der Waals surface area contributed by atoms with E-state index in [-0.39, 0.29) is 0 Å². The van der Waals surface area contributed by atoms with Crippen LogP contribution in [-0.2, 0) is 13.2 Å². The Morgan fingerprint density at radius 2 is 2.05 bits per heavy atom. The number of ether oxygens (including phenoxy) is 1. The molecule has 2 rings (SSSR count). The van der Waals surface area contributed by atoms with Crippen LogP contribution >= 0.6 is 0 Å². The van der Waals surface area contributed by atoms with Crippen LogP contribution in [0.2, 0.25) is 0 Å². The van der Waals surface area contributed by atoms with Crippen LogP contribution in [0.3, 0.4) is 0 Å². The molecule has 0 saturated heterocycles. The summed E-state index contributed by atoms with van der Waals surface area (Å²) in [6.07, 6.45) is 1.29. The lowest BCUT2D eigenvalue weighted by atomic mass is 10.2. The molecule has 1 aromatic heterocycles. The summed E-state index contributed by atoms with van der Waals surface area (Å²) in [7, 11) is 0. The van der Waals surface area contributed by atoms with Gasteiger partial charge in [0.05, 0.1) is 0 Å². The number of hydrogen-bond donors (Lipinski definition) is 1. The highest BCUT2D eigenvalue weighted by Crippen LogP contribution is 2.13. The lowest BCUT2D eigenvalue weighted by molar-refractivity contribution is 0.286. The van der Waals surface area contributed by atoms with Gasteiger partial charge >= 0.3 is 0 Å². The molecule has 0 aliphatic rings. The fraction of sp³-hybridized carbons (Fsp3) is 0.429. The van der Waals surface area contributed by atoms with E-state index in [0.29, 0.717) is 18.3 Å². The second kappa shape index (κ2) is 6.89. The van der Waals surface area contributed by atoms with Gasteiger partial charge in [0.25, 0.3) is 0 Å². The van der Waals surface area contributed by atoms with E-state index in [1.165, 1.54) is 12.0 Å². The summed E-state index contributed by atoms with van der Waals surface area (Å²) in [4.78, 5) is 3.89. The molecule has 0 atom stereocenters. The first-order chi connectivity index (χ1) is 9.24. The highest BCUT2D eigenvalue weighted by molar-refractivity contribution is 5.27. The first-order valence-electron chi connectivity index (χ1n) is 6.42. The second-order valence-electron chi connectivity index (χ2n) is 4.80. The molecule has 0 unspecified atom stereocenters. The maximum absolute atomic E-state index is 5.54. The summed E-state index contributed by atoms with van der Waals surface area (Å²) in [6, 6.07) is 8.01. The Morgan fingerprint density at radius 1 is 1.26 bits per heavy atom. The van der Waals surface area contributed by atoms with Crippen LogP contribution in [0.25, 0.3) is 0 Å². The Bertz CT molecular complexity index is 466. The molecular formula is C14H19N3O2. The fourth-order valence-corrected chi connectivity index (χ4v) is 1.61. The van der Waals surface area contributed by atoms with E-state index in [9.17, 15) is 0 Å². The summed E-state index contributed by atoms with van der Waals surface area (Å²) in [5, 5.41) is 7.09. The van der Waals surface area contributed by atoms with Crippen LogP contribution in [0.1, 0.15) is 25.2 Å². The smallest absolute Gasteiger partial charge is 0.213 e. The lowest BCUT2D eigenvalue weighted by Crippen LogP contribution is -2.18. The third kappa shape index (κ3) is 4.71. The summed E-state index contributed by atoms with van der Waals surface area (Å²) >= 11 is 0. The van der Waals surface area contributed by atoms with Gasteiger partial charge in [-0.3, -0.25) is 0 Å². The standard InChI is InChI=1S/C14H19N3O2/c1-11(2)7-15-8-12-3-5-13(6-4-12)18-9-14-16-10-19-17-14/h3-6,10-11,15H,7-9H2,1-2H3. The van der Waals surface area contributed by atoms with E-state index >= 15 is 0 Å². The predicted molar refractivity (Wildman–Crippen MR) is 71.6 cm³/mol. The third-order valence-corrected chi connectivity index (χ3v) is 2.58. The van der Waals surface area contributed by atoms with Crippen molar-refractivity contribution in [3.63, 3.8) is 0 Å². The predicted octanol–water partition coefficient (Wildman–Crippen LogP) is 2.39. The summed E-state index contributed by atoms with van der Waals surface area (Å²) < 4.78 is 10.2. The molecule has 1 N–H and O–H groups in total. The van der Waals surface area contributed by atoms with Crippen LogP contribution in [0.15, 0.2) is 35.2 Å². The highest BCUT2D eigenvalue weighted by atomic mass is 16.5. The van der Waals surface area contributed by atoms with E-state index in [4.69, 9.17) is 4.74 Å². The van der Waals surface area contributed by atoms with Crippen LogP contribution in [0, 0.1) is 5.92 Å². The molecule has 0 radical (unpaired) electrons. The molecule has 0 bridgehead atoms. The van der Waals surface area contributed by atoms with Crippen molar-refractivity contribution in [2.75, 3.05) is 6.54 Å². The van der Waals surface area contributed by atoms with Gasteiger partial charge in [0.1, 0.15) is 5.75 Å². The molecule has 0 spiro atoms. The van der Waals surface area contributed by atoms with Gasteiger partial charge < -0.3 is 14.6 Å². The quantitative estimate of drug-likeness (QED) is 0.829. The van der Waals surface area contributed by atoms with Gasteiger partial charge in [-0.1, -0.05) is 31.1 Å². The second-order valence-corrected chi connectivity index (χ2v) is 4.80. The van der Waals surface area contributed by atoms with Gasteiger partial charge in [-0.25, -0.2) is 0 Å². The molecule has 0 amide bonds. The Balaban J connectivity index is 1.77. The Hall–Kier alpha value is -1.88. The van der Waals surface area contributed by atoms with E-state index in [1.807, 2.05) is 12.1 Å². The van der Waals surface area contributed by atoms with Crippen LogP contribution in [0.4, 0.5) is 0 Å². The minimum absolute atomic E-state index is 0.321. The van der Waals surface area contributed by atoms with E-state index in [0.717, 1.165) is 18.8 Å². The minimum Gasteiger partial charge on any atom is -0.485 e. The maximum Gasteiger partial charge on any atom is 0.213 e. The van der Waals surface area contributed by atoms with Gasteiger partial charge in [0.15, 0.2) is 6.61 Å². The number of rotatable bonds is 7. The van der Waals surface area contributed by atoms with Crippen molar-refractivity contribution in [1.29, 1.82) is 0 Å². The largest absolute Gasteiger partial charge is 0.485 e. The van der Waals surface area contributed by atoms with Crippen LogP contribution < -0.4 is 10.1 Å². The van der Waals surface area contributed by atoms with Gasteiger partial charge in [-0.2, -0.15) is 4.98 Å². The topological polar surface area (TPSA) is 60.2 Å². The minimum atomic E-state index is 0.321.